The third-order valence-electron chi connectivity index (χ3n) is 17.7. The zero-order valence-corrected chi connectivity index (χ0v) is 57.4. The lowest BCUT2D eigenvalue weighted by molar-refractivity contribution is -0.148. The van der Waals surface area contributed by atoms with Gasteiger partial charge in [-0.15, -0.1) is 0 Å². The number of ether oxygens (including phenoxy) is 3. The zero-order chi connectivity index (χ0) is 70.1. The van der Waals surface area contributed by atoms with E-state index in [1.54, 1.807) is 109 Å². The number of aliphatic hydroxyl groups is 1. The van der Waals surface area contributed by atoms with Gasteiger partial charge < -0.3 is 66.8 Å². The first kappa shape index (κ1) is 78.5. The van der Waals surface area contributed by atoms with Crippen molar-refractivity contribution in [1.82, 2.24) is 46.2 Å². The van der Waals surface area contributed by atoms with Gasteiger partial charge in [0.2, 0.25) is 41.4 Å². The second kappa shape index (κ2) is 38.4. The number of anilines is 1. The molecule has 2 heterocycles. The van der Waals surface area contributed by atoms with Gasteiger partial charge in [-0.05, 0) is 92.4 Å². The third kappa shape index (κ3) is 22.9. The van der Waals surface area contributed by atoms with E-state index in [1.807, 2.05) is 32.0 Å². The maximum absolute atomic E-state index is 14.8. The summed E-state index contributed by atoms with van der Waals surface area (Å²) in [6.45, 7) is 18.6. The molecule has 94 heavy (non-hydrogen) atoms. The number of imide groups is 1. The van der Waals surface area contributed by atoms with Crippen molar-refractivity contribution in [2.45, 2.75) is 201 Å². The summed E-state index contributed by atoms with van der Waals surface area (Å²) in [5.41, 5.74) is 6.77. The predicted octanol–water partition coefficient (Wildman–Crippen LogP) is 5.08. The van der Waals surface area contributed by atoms with Gasteiger partial charge in [0.1, 0.15) is 30.8 Å². The summed E-state index contributed by atoms with van der Waals surface area (Å²) in [6, 6.07) is 8.74. The quantitative estimate of drug-likeness (QED) is 0.0321. The maximum Gasteiger partial charge on any atom is 0.410 e. The van der Waals surface area contributed by atoms with Crippen LogP contribution in [0.5, 0.6) is 0 Å². The molecule has 0 saturated carbocycles. The minimum atomic E-state index is -1.11. The minimum absolute atomic E-state index is 0.0841. The molecule has 1 fully saturated rings. The molecular formula is C68H105N11O15. The molecule has 522 valence electrons. The number of methoxy groups -OCH3 is 2. The Kier molecular flexibility index (Phi) is 32.1. The summed E-state index contributed by atoms with van der Waals surface area (Å²) >= 11 is 0. The van der Waals surface area contributed by atoms with Gasteiger partial charge in [-0.25, -0.2) is 9.59 Å². The van der Waals surface area contributed by atoms with Crippen LogP contribution in [0, 0.1) is 29.6 Å². The van der Waals surface area contributed by atoms with Gasteiger partial charge >= 0.3 is 12.1 Å². The van der Waals surface area contributed by atoms with Crippen LogP contribution in [-0.2, 0) is 64.0 Å². The Morgan fingerprint density at radius 3 is 1.93 bits per heavy atom. The second-order valence-corrected chi connectivity index (χ2v) is 25.8. The van der Waals surface area contributed by atoms with E-state index in [9.17, 15) is 57.8 Å². The van der Waals surface area contributed by atoms with Crippen LogP contribution in [-0.4, -0.2) is 192 Å². The number of nitrogens with one attached hydrogen (secondary N) is 6. The van der Waals surface area contributed by atoms with Crippen LogP contribution < -0.4 is 37.6 Å². The van der Waals surface area contributed by atoms with Gasteiger partial charge in [0, 0.05) is 72.2 Å². The molecule has 0 bridgehead atoms. The van der Waals surface area contributed by atoms with Crippen LogP contribution >= 0.6 is 0 Å². The lowest BCUT2D eigenvalue weighted by Crippen LogP contribution is -2.60. The van der Waals surface area contributed by atoms with Crippen molar-refractivity contribution in [2.24, 2.45) is 35.3 Å². The highest BCUT2D eigenvalue weighted by Gasteiger charge is 2.44. The second-order valence-electron chi connectivity index (χ2n) is 25.8. The van der Waals surface area contributed by atoms with Crippen molar-refractivity contribution in [3.05, 3.63) is 77.9 Å². The maximum atomic E-state index is 14.8. The molecule has 0 spiro atoms. The molecule has 0 aromatic heterocycles. The molecular weight excluding hydrogens is 1210 g/mol. The van der Waals surface area contributed by atoms with Crippen LogP contribution in [0.3, 0.4) is 0 Å². The molecule has 1 saturated heterocycles. The molecule has 2 aromatic carbocycles. The standard InChI is InChI=1S/C68H105N11O15/c1-15-43(8)59(51(92-13)38-55(83)78-37-23-27-50(78)61(93-14)44(9)62(85)71-45(10)60(84)47-24-18-16-19-25-47)76(11)66(89)57(41(4)5)75-65(88)58(42(6)7)77(12)68(91)94-39-46-29-31-48(32-30-46)72-63(86)49(26-22-35-70-67(69)90)73-64(87)56(40(2)3)74-52(80)28-20-17-21-36-79-53(81)33-34-54(79)82/h16,18-19,24-25,29-34,40-45,49-51,56-61,84H,15,17,20-23,26-28,35-39H2,1-14H3,(H,71,85)(H,72,86)(H,73,87)(H,74,80)(H,75,88)(H3,69,70,90)/t43-,44+,45+,49-,50-,51-,56+,57-,58?,59-,60+,61+/m0/s1. The number of primary amides is 1. The molecule has 4 rings (SSSR count). The minimum Gasteiger partial charge on any atom is -0.445 e. The molecule has 2 aliphatic rings. The summed E-state index contributed by atoms with van der Waals surface area (Å²) in [7, 11) is 6.08. The van der Waals surface area contributed by atoms with Crippen molar-refractivity contribution < 1.29 is 72.1 Å². The Morgan fingerprint density at radius 2 is 1.35 bits per heavy atom. The molecule has 2 aromatic rings. The molecule has 0 aliphatic carbocycles. The fourth-order valence-corrected chi connectivity index (χ4v) is 12.1. The Labute approximate surface area is 554 Å². The van der Waals surface area contributed by atoms with E-state index >= 15 is 0 Å². The van der Waals surface area contributed by atoms with Crippen LogP contribution in [0.1, 0.15) is 151 Å². The molecule has 26 nitrogen and oxygen atoms in total. The number of hydrogen-bond acceptors (Lipinski definition) is 15. The average Bonchev–Trinajstić information content (AvgIpc) is 1.33. The number of unbranched alkanes of at least 4 members (excludes halogenated alkanes) is 2. The van der Waals surface area contributed by atoms with E-state index in [-0.39, 0.29) is 86.8 Å². The van der Waals surface area contributed by atoms with Crippen LogP contribution in [0.25, 0.3) is 0 Å². The van der Waals surface area contributed by atoms with Gasteiger partial charge in [0.05, 0.1) is 48.8 Å². The number of nitrogens with zero attached hydrogens (tertiary/aromatic N) is 4. The van der Waals surface area contributed by atoms with E-state index < -0.39 is 114 Å². The number of benzene rings is 2. The van der Waals surface area contributed by atoms with Crippen molar-refractivity contribution in [2.75, 3.05) is 53.3 Å². The molecule has 9 N–H and O–H groups in total. The Hall–Kier alpha value is -7.97. The molecule has 0 radical (unpaired) electrons. The monoisotopic (exact) mass is 1320 g/mol. The number of hydrogen-bond donors (Lipinski definition) is 8. The third-order valence-corrected chi connectivity index (χ3v) is 17.7. The number of nitrogens with two attached hydrogens (primary N) is 1. The first-order valence-electron chi connectivity index (χ1n) is 32.9. The largest absolute Gasteiger partial charge is 0.445 e. The first-order chi connectivity index (χ1) is 44.5. The first-order valence-corrected chi connectivity index (χ1v) is 32.9. The number of urea groups is 1. The normalized spacial score (nSPS) is 17.4. The Balaban J connectivity index is 1.37. The average molecular weight is 1320 g/mol. The van der Waals surface area contributed by atoms with Crippen molar-refractivity contribution in [3.8, 4) is 0 Å². The number of amides is 12. The van der Waals surface area contributed by atoms with Crippen LogP contribution in [0.15, 0.2) is 66.7 Å². The molecule has 26 heteroatoms. The Morgan fingerprint density at radius 1 is 0.713 bits per heavy atom. The van der Waals surface area contributed by atoms with E-state index in [0.29, 0.717) is 61.9 Å². The van der Waals surface area contributed by atoms with E-state index in [4.69, 9.17) is 19.9 Å². The number of carbonyl (C=O) groups is 11. The molecule has 12 amide bonds. The number of aliphatic hydroxyl groups excluding tert-OH is 1. The Bertz CT molecular complexity index is 2880. The van der Waals surface area contributed by atoms with Crippen molar-refractivity contribution in [3.63, 3.8) is 0 Å². The highest BCUT2D eigenvalue weighted by molar-refractivity contribution is 6.12. The summed E-state index contributed by atoms with van der Waals surface area (Å²) < 4.78 is 17.7. The summed E-state index contributed by atoms with van der Waals surface area (Å²) in [5, 5.41) is 27.6. The van der Waals surface area contributed by atoms with Gasteiger partial charge in [-0.2, -0.15) is 0 Å². The van der Waals surface area contributed by atoms with Gasteiger partial charge in [-0.3, -0.25) is 53.0 Å². The lowest BCUT2D eigenvalue weighted by atomic mass is 9.89. The van der Waals surface area contributed by atoms with Crippen LogP contribution in [0.4, 0.5) is 15.3 Å². The predicted molar refractivity (Wildman–Crippen MR) is 353 cm³/mol. The van der Waals surface area contributed by atoms with Crippen molar-refractivity contribution >= 4 is 71.0 Å². The summed E-state index contributed by atoms with van der Waals surface area (Å²) in [5.74, 6) is -6.02. The smallest absolute Gasteiger partial charge is 0.410 e. The molecule has 1 unspecified atom stereocenters. The zero-order valence-electron chi connectivity index (χ0n) is 57.4. The fraction of sp³-hybridized carbons (Fsp3) is 0.632. The van der Waals surface area contributed by atoms with Gasteiger partial charge in [0.15, 0.2) is 0 Å². The number of likely N-dealkylation sites (tertiary alicyclic amines) is 1. The highest BCUT2D eigenvalue weighted by Crippen LogP contribution is 2.31. The number of likely N-dealkylation sites (N-methyl/N-ethyl adjacent to an activating group) is 2. The summed E-state index contributed by atoms with van der Waals surface area (Å²) in [6.07, 6.45) is 2.94. The number of carbonyl (C=O) groups excluding carboxylic acids is 11. The van der Waals surface area contributed by atoms with Crippen LogP contribution in [0.2, 0.25) is 0 Å². The lowest BCUT2D eigenvalue weighted by Gasteiger charge is -2.41. The van der Waals surface area contributed by atoms with E-state index in [1.165, 1.54) is 38.3 Å². The van der Waals surface area contributed by atoms with Gasteiger partial charge in [0.25, 0.3) is 11.8 Å². The summed E-state index contributed by atoms with van der Waals surface area (Å²) in [4.78, 5) is 152. The van der Waals surface area contributed by atoms with Gasteiger partial charge in [-0.1, -0.05) is 118 Å². The van der Waals surface area contributed by atoms with E-state index in [2.05, 4.69) is 31.9 Å². The SMILES string of the molecule is CC[C@H](C)[C@@H]([C@H](CC(=O)N1CCC[C@H]1[C@H](OC)[C@@H](C)C(=O)N[C@H](C)[C@@H](O)c1ccccc1)OC)N(C)C(=O)[C@@H](NC(=O)C(C(C)C)N(C)C(=O)OCc1ccc(NC(=O)[C@H](CCCNC(N)=O)NC(=O)[C@H](NC(=O)CCCCCN2C(=O)C=CC2=O)C(C)C)cc1)C(C)C. The fourth-order valence-electron chi connectivity index (χ4n) is 12.1. The van der Waals surface area contributed by atoms with Crippen molar-refractivity contribution in [1.29, 1.82) is 0 Å². The number of rotatable bonds is 38. The highest BCUT2D eigenvalue weighted by atomic mass is 16.6. The van der Waals surface area contributed by atoms with E-state index in [0.717, 1.165) is 4.90 Å². The molecule has 2 aliphatic heterocycles. The topological polar surface area (TPSA) is 347 Å². The molecule has 12 atom stereocenters.